The maximum atomic E-state index is 9.49. The molecule has 0 saturated carbocycles. The van der Waals surface area contributed by atoms with Gasteiger partial charge in [0.05, 0.1) is 5.69 Å². The summed E-state index contributed by atoms with van der Waals surface area (Å²) in [6.45, 7) is 2.05. The average molecular weight is 218 g/mol. The Morgan fingerprint density at radius 1 is 1.31 bits per heavy atom. The smallest absolute Gasteiger partial charge is 0.167 e. The van der Waals surface area contributed by atoms with Gasteiger partial charge in [-0.25, -0.2) is 0 Å². The number of hydrogen-bond acceptors (Lipinski definition) is 4. The van der Waals surface area contributed by atoms with Gasteiger partial charge in [-0.05, 0) is 44.1 Å². The number of aromatic nitrogens is 1. The molecule has 16 heavy (non-hydrogen) atoms. The molecule has 0 unspecified atom stereocenters. The lowest BCUT2D eigenvalue weighted by atomic mass is 9.92. The predicted molar refractivity (Wildman–Crippen MR) is 60.5 cm³/mol. The zero-order valence-corrected chi connectivity index (χ0v) is 8.94. The van der Waals surface area contributed by atoms with E-state index in [9.17, 15) is 5.11 Å². The van der Waals surface area contributed by atoms with Crippen LogP contribution in [0.25, 0.3) is 11.0 Å². The van der Waals surface area contributed by atoms with Crippen molar-refractivity contribution < 1.29 is 9.63 Å². The molecule has 4 nitrogen and oxygen atoms in total. The van der Waals surface area contributed by atoms with Gasteiger partial charge in [-0.15, -0.1) is 0 Å². The summed E-state index contributed by atoms with van der Waals surface area (Å²) < 4.78 is 5.28. The number of hydrogen-bond donors (Lipinski definition) is 2. The Morgan fingerprint density at radius 2 is 2.12 bits per heavy atom. The number of nitrogens with one attached hydrogen (secondary N) is 1. The van der Waals surface area contributed by atoms with Crippen LogP contribution in [0, 0.1) is 0 Å². The Hall–Kier alpha value is -1.55. The van der Waals surface area contributed by atoms with Crippen LogP contribution in [0.1, 0.15) is 24.5 Å². The first-order valence-corrected chi connectivity index (χ1v) is 5.63. The maximum absolute atomic E-state index is 9.49. The molecule has 0 spiro atoms. The van der Waals surface area contributed by atoms with Gasteiger partial charge >= 0.3 is 0 Å². The second-order valence-electron chi connectivity index (χ2n) is 4.27. The van der Waals surface area contributed by atoms with E-state index in [4.69, 9.17) is 4.52 Å². The van der Waals surface area contributed by atoms with Crippen molar-refractivity contribution in [1.82, 2.24) is 10.5 Å². The van der Waals surface area contributed by atoms with Gasteiger partial charge in [0.1, 0.15) is 5.75 Å². The van der Waals surface area contributed by atoms with Crippen molar-refractivity contribution in [1.29, 1.82) is 0 Å². The number of phenols is 1. The molecule has 1 aliphatic rings. The highest BCUT2D eigenvalue weighted by Crippen LogP contribution is 2.32. The number of nitrogens with zero attached hydrogens (tertiary/aromatic N) is 1. The third-order valence-electron chi connectivity index (χ3n) is 3.21. The molecule has 0 aliphatic carbocycles. The summed E-state index contributed by atoms with van der Waals surface area (Å²) in [5.41, 5.74) is 1.75. The third-order valence-corrected chi connectivity index (χ3v) is 3.21. The quantitative estimate of drug-likeness (QED) is 0.768. The van der Waals surface area contributed by atoms with E-state index in [1.165, 1.54) is 0 Å². The lowest BCUT2D eigenvalue weighted by molar-refractivity contribution is 0.404. The molecular formula is C12H14N2O2. The van der Waals surface area contributed by atoms with E-state index in [1.807, 2.05) is 0 Å². The van der Waals surface area contributed by atoms with E-state index in [-0.39, 0.29) is 5.75 Å². The summed E-state index contributed by atoms with van der Waals surface area (Å²) in [4.78, 5) is 0. The predicted octanol–water partition coefficient (Wildman–Crippen LogP) is 2.00. The van der Waals surface area contributed by atoms with Crippen LogP contribution in [0.4, 0.5) is 0 Å². The van der Waals surface area contributed by atoms with Crippen LogP contribution in [0.5, 0.6) is 5.75 Å². The van der Waals surface area contributed by atoms with E-state index in [2.05, 4.69) is 10.5 Å². The molecular weight excluding hydrogens is 204 g/mol. The van der Waals surface area contributed by atoms with E-state index in [0.717, 1.165) is 42.6 Å². The Kier molecular flexibility index (Phi) is 2.29. The fraction of sp³-hybridized carbons (Fsp3) is 0.417. The number of rotatable bonds is 1. The van der Waals surface area contributed by atoms with E-state index < -0.39 is 0 Å². The number of benzene rings is 1. The van der Waals surface area contributed by atoms with Crippen LogP contribution in [0.15, 0.2) is 22.7 Å². The van der Waals surface area contributed by atoms with Crippen molar-refractivity contribution >= 4 is 11.0 Å². The number of fused-ring (bicyclic) bond motifs is 1. The standard InChI is InChI=1S/C12H14N2O2/c15-9-1-2-11-10(7-9)12(14-16-11)8-3-5-13-6-4-8/h1-2,7-8,13,15H,3-6H2. The number of aromatic hydroxyl groups is 1. The van der Waals surface area contributed by atoms with Crippen molar-refractivity contribution in [2.24, 2.45) is 0 Å². The third kappa shape index (κ3) is 1.55. The first kappa shape index (κ1) is 9.66. The van der Waals surface area contributed by atoms with Crippen LogP contribution >= 0.6 is 0 Å². The molecule has 0 amide bonds. The molecule has 0 atom stereocenters. The molecule has 0 radical (unpaired) electrons. The number of phenolic OH excluding ortho intramolecular Hbond substituents is 1. The minimum absolute atomic E-state index is 0.269. The van der Waals surface area contributed by atoms with Gasteiger partial charge in [-0.3, -0.25) is 0 Å². The molecule has 1 aromatic heterocycles. The van der Waals surface area contributed by atoms with Crippen molar-refractivity contribution in [3.8, 4) is 5.75 Å². The number of piperidine rings is 1. The lowest BCUT2D eigenvalue weighted by Crippen LogP contribution is -2.26. The Balaban J connectivity index is 2.05. The highest BCUT2D eigenvalue weighted by molar-refractivity contribution is 5.81. The zero-order chi connectivity index (χ0) is 11.0. The van der Waals surface area contributed by atoms with Gasteiger partial charge in [0.15, 0.2) is 5.58 Å². The van der Waals surface area contributed by atoms with Crippen molar-refractivity contribution in [2.45, 2.75) is 18.8 Å². The molecule has 2 aromatic rings. The monoisotopic (exact) mass is 218 g/mol. The summed E-state index contributed by atoms with van der Waals surface area (Å²) in [5.74, 6) is 0.718. The van der Waals surface area contributed by atoms with Gasteiger partial charge in [-0.1, -0.05) is 5.16 Å². The Bertz CT molecular complexity index is 501. The van der Waals surface area contributed by atoms with Gasteiger partial charge < -0.3 is 14.9 Å². The molecule has 3 rings (SSSR count). The average Bonchev–Trinajstić information content (AvgIpc) is 2.73. The first-order valence-electron chi connectivity index (χ1n) is 5.63. The normalized spacial score (nSPS) is 18.0. The van der Waals surface area contributed by atoms with Gasteiger partial charge in [0.25, 0.3) is 0 Å². The van der Waals surface area contributed by atoms with Gasteiger partial charge in [0, 0.05) is 11.3 Å². The first-order chi connectivity index (χ1) is 7.84. The van der Waals surface area contributed by atoms with E-state index in [0.29, 0.717) is 5.92 Å². The summed E-state index contributed by atoms with van der Waals surface area (Å²) in [6.07, 6.45) is 2.16. The van der Waals surface area contributed by atoms with E-state index in [1.54, 1.807) is 18.2 Å². The summed E-state index contributed by atoms with van der Waals surface area (Å²) in [5, 5.41) is 17.9. The van der Waals surface area contributed by atoms with Crippen LogP contribution in [-0.4, -0.2) is 23.4 Å². The van der Waals surface area contributed by atoms with Crippen LogP contribution in [0.2, 0.25) is 0 Å². The molecule has 0 bridgehead atoms. The zero-order valence-electron chi connectivity index (χ0n) is 8.94. The lowest BCUT2D eigenvalue weighted by Gasteiger charge is -2.20. The molecule has 1 aromatic carbocycles. The van der Waals surface area contributed by atoms with E-state index >= 15 is 0 Å². The topological polar surface area (TPSA) is 58.3 Å². The van der Waals surface area contributed by atoms with Crippen LogP contribution in [0.3, 0.4) is 0 Å². The second-order valence-corrected chi connectivity index (χ2v) is 4.27. The Morgan fingerprint density at radius 3 is 2.94 bits per heavy atom. The minimum atomic E-state index is 0.269. The summed E-state index contributed by atoms with van der Waals surface area (Å²) >= 11 is 0. The minimum Gasteiger partial charge on any atom is -0.508 e. The van der Waals surface area contributed by atoms with Gasteiger partial charge in [0.2, 0.25) is 0 Å². The molecule has 2 N–H and O–H groups in total. The highest BCUT2D eigenvalue weighted by atomic mass is 16.5. The molecule has 84 valence electrons. The molecule has 2 heterocycles. The SMILES string of the molecule is Oc1ccc2onc(C3CCNCC3)c2c1. The fourth-order valence-electron chi connectivity index (χ4n) is 2.34. The molecule has 1 fully saturated rings. The van der Waals surface area contributed by atoms with Crippen molar-refractivity contribution in [3.63, 3.8) is 0 Å². The maximum Gasteiger partial charge on any atom is 0.167 e. The van der Waals surface area contributed by atoms with Crippen LogP contribution in [-0.2, 0) is 0 Å². The fourth-order valence-corrected chi connectivity index (χ4v) is 2.34. The molecule has 1 saturated heterocycles. The molecule has 1 aliphatic heterocycles. The molecule has 4 heteroatoms. The Labute approximate surface area is 93.2 Å². The summed E-state index contributed by atoms with van der Waals surface area (Å²) in [6, 6.07) is 5.13. The van der Waals surface area contributed by atoms with Gasteiger partial charge in [-0.2, -0.15) is 0 Å². The second kappa shape index (κ2) is 3.79. The highest BCUT2D eigenvalue weighted by Gasteiger charge is 2.21. The summed E-state index contributed by atoms with van der Waals surface area (Å²) in [7, 11) is 0. The van der Waals surface area contributed by atoms with Crippen molar-refractivity contribution in [2.75, 3.05) is 13.1 Å². The van der Waals surface area contributed by atoms with Crippen LogP contribution < -0.4 is 5.32 Å². The largest absolute Gasteiger partial charge is 0.508 e. The van der Waals surface area contributed by atoms with Crippen molar-refractivity contribution in [3.05, 3.63) is 23.9 Å².